The molecular weight excluding hydrogens is 240 g/mol. The molecule has 0 aliphatic rings. The van der Waals surface area contributed by atoms with Gasteiger partial charge in [-0.25, -0.2) is 0 Å². The largest absolute Gasteiger partial charge is 0.423 e. The average Bonchev–Trinajstić information content (AvgIpc) is 2.81. The zero-order valence-corrected chi connectivity index (χ0v) is 9.81. The van der Waals surface area contributed by atoms with Gasteiger partial charge in [0.25, 0.3) is 5.89 Å². The monoisotopic (exact) mass is 248 g/mol. The van der Waals surface area contributed by atoms with E-state index < -0.39 is 0 Å². The molecular formula is C12H9ClN2O2. The average molecular weight is 249 g/mol. The van der Waals surface area contributed by atoms with Crippen molar-refractivity contribution in [2.75, 3.05) is 0 Å². The summed E-state index contributed by atoms with van der Waals surface area (Å²) in [5, 5.41) is 7.82. The molecule has 0 N–H and O–H groups in total. The van der Waals surface area contributed by atoms with Gasteiger partial charge in [0.1, 0.15) is 0 Å². The molecule has 86 valence electrons. The highest BCUT2D eigenvalue weighted by Gasteiger charge is 2.13. The minimum absolute atomic E-state index is 0.158. The number of ketones is 1. The Kier molecular flexibility index (Phi) is 3.35. The van der Waals surface area contributed by atoms with Crippen LogP contribution in [-0.2, 0) is 4.79 Å². The van der Waals surface area contributed by atoms with E-state index in [1.807, 2.05) is 18.2 Å². The third-order valence-electron chi connectivity index (χ3n) is 2.17. The van der Waals surface area contributed by atoms with Gasteiger partial charge in [0.2, 0.25) is 6.39 Å². The van der Waals surface area contributed by atoms with Gasteiger partial charge in [-0.3, -0.25) is 4.79 Å². The third-order valence-corrected chi connectivity index (χ3v) is 2.52. The Morgan fingerprint density at radius 3 is 2.76 bits per heavy atom. The predicted octanol–water partition coefficient (Wildman–Crippen LogP) is 2.85. The van der Waals surface area contributed by atoms with Crippen LogP contribution in [0.1, 0.15) is 18.4 Å². The van der Waals surface area contributed by atoms with E-state index in [0.29, 0.717) is 10.6 Å². The fourth-order valence-corrected chi connectivity index (χ4v) is 1.54. The van der Waals surface area contributed by atoms with E-state index in [4.69, 9.17) is 16.0 Å². The van der Waals surface area contributed by atoms with E-state index >= 15 is 0 Å². The van der Waals surface area contributed by atoms with E-state index in [-0.39, 0.29) is 11.7 Å². The number of Topliss-reactive ketones (excluding diaryl/α,β-unsaturated/α-hetero) is 1. The van der Waals surface area contributed by atoms with E-state index in [2.05, 4.69) is 10.2 Å². The number of benzene rings is 1. The molecule has 0 spiro atoms. The second-order valence-corrected chi connectivity index (χ2v) is 3.79. The highest BCUT2D eigenvalue weighted by atomic mass is 35.5. The lowest BCUT2D eigenvalue weighted by atomic mass is 10.1. The van der Waals surface area contributed by atoms with Gasteiger partial charge in [0, 0.05) is 5.02 Å². The molecule has 0 atom stereocenters. The molecule has 1 aromatic carbocycles. The van der Waals surface area contributed by atoms with Crippen molar-refractivity contribution in [3.05, 3.63) is 47.1 Å². The highest BCUT2D eigenvalue weighted by Crippen LogP contribution is 2.22. The summed E-state index contributed by atoms with van der Waals surface area (Å²) >= 11 is 6.01. The number of nitrogens with zero attached hydrogens (tertiary/aromatic N) is 2. The van der Waals surface area contributed by atoms with Crippen LogP contribution in [0.5, 0.6) is 0 Å². The molecule has 0 saturated carbocycles. The molecule has 0 radical (unpaired) electrons. The summed E-state index contributed by atoms with van der Waals surface area (Å²) in [4.78, 5) is 11.5. The Morgan fingerprint density at radius 1 is 1.41 bits per heavy atom. The summed E-state index contributed by atoms with van der Waals surface area (Å²) < 4.78 is 5.01. The van der Waals surface area contributed by atoms with Crippen molar-refractivity contribution >= 4 is 29.0 Å². The van der Waals surface area contributed by atoms with E-state index in [1.54, 1.807) is 12.1 Å². The molecule has 0 saturated heterocycles. The lowest BCUT2D eigenvalue weighted by Gasteiger charge is -2.00. The van der Waals surface area contributed by atoms with Crippen molar-refractivity contribution in [2.24, 2.45) is 0 Å². The second-order valence-electron chi connectivity index (χ2n) is 3.38. The van der Waals surface area contributed by atoms with E-state index in [0.717, 1.165) is 5.56 Å². The summed E-state index contributed by atoms with van der Waals surface area (Å²) in [6.07, 6.45) is 2.82. The van der Waals surface area contributed by atoms with Gasteiger partial charge in [0.15, 0.2) is 5.78 Å². The lowest BCUT2D eigenvalue weighted by Crippen LogP contribution is -1.96. The summed E-state index contributed by atoms with van der Waals surface area (Å²) in [6.45, 7) is 1.44. The van der Waals surface area contributed by atoms with Crippen LogP contribution in [0.15, 0.2) is 35.1 Å². The van der Waals surface area contributed by atoms with Crippen molar-refractivity contribution in [2.45, 2.75) is 6.92 Å². The van der Waals surface area contributed by atoms with E-state index in [1.165, 1.54) is 13.3 Å². The topological polar surface area (TPSA) is 56.0 Å². The van der Waals surface area contributed by atoms with Crippen LogP contribution in [0.25, 0.3) is 11.6 Å². The number of rotatable bonds is 3. The number of carbonyl (C=O) groups is 1. The maximum Gasteiger partial charge on any atom is 0.251 e. The number of hydrogen-bond acceptors (Lipinski definition) is 4. The molecule has 0 fully saturated rings. The maximum atomic E-state index is 11.5. The lowest BCUT2D eigenvalue weighted by molar-refractivity contribution is -0.111. The van der Waals surface area contributed by atoms with Crippen LogP contribution in [0.4, 0.5) is 0 Å². The molecule has 2 rings (SSSR count). The molecule has 5 heteroatoms. The van der Waals surface area contributed by atoms with Gasteiger partial charge >= 0.3 is 0 Å². The predicted molar refractivity (Wildman–Crippen MR) is 64.3 cm³/mol. The molecule has 0 aliphatic carbocycles. The normalized spacial score (nSPS) is 11.5. The molecule has 4 nitrogen and oxygen atoms in total. The summed E-state index contributed by atoms with van der Waals surface area (Å²) in [7, 11) is 0. The minimum atomic E-state index is -0.158. The van der Waals surface area contributed by atoms with Gasteiger partial charge in [0.05, 0.1) is 5.57 Å². The number of aromatic nitrogens is 2. The molecule has 1 heterocycles. The van der Waals surface area contributed by atoms with Gasteiger partial charge in [-0.05, 0) is 24.6 Å². The SMILES string of the molecule is CC(=O)C(=Cc1ccccc1Cl)c1nnco1. The Labute approximate surface area is 103 Å². The van der Waals surface area contributed by atoms with Crippen molar-refractivity contribution in [3.8, 4) is 0 Å². The fourth-order valence-electron chi connectivity index (χ4n) is 1.35. The molecule has 2 aromatic rings. The van der Waals surface area contributed by atoms with Crippen LogP contribution >= 0.6 is 11.6 Å². The summed E-state index contributed by atoms with van der Waals surface area (Å²) in [5.74, 6) is 0.0339. The zero-order chi connectivity index (χ0) is 12.3. The Bertz CT molecular complexity index is 562. The fraction of sp³-hybridized carbons (Fsp3) is 0.0833. The first-order valence-corrected chi connectivity index (χ1v) is 5.30. The van der Waals surface area contributed by atoms with Gasteiger partial charge in [-0.15, -0.1) is 10.2 Å². The highest BCUT2D eigenvalue weighted by molar-refractivity contribution is 6.33. The second kappa shape index (κ2) is 4.93. The van der Waals surface area contributed by atoms with E-state index in [9.17, 15) is 4.79 Å². The van der Waals surface area contributed by atoms with Crippen LogP contribution in [0.3, 0.4) is 0 Å². The molecule has 0 amide bonds. The summed E-state index contributed by atoms with van der Waals surface area (Å²) in [5.41, 5.74) is 1.08. The minimum Gasteiger partial charge on any atom is -0.423 e. The third kappa shape index (κ3) is 2.60. The standard InChI is InChI=1S/C12H9ClN2O2/c1-8(16)10(12-15-14-7-17-12)6-9-4-2-3-5-11(9)13/h2-7H,1H3. The van der Waals surface area contributed by atoms with Crippen LogP contribution in [0.2, 0.25) is 5.02 Å². The molecule has 1 aromatic heterocycles. The first-order chi connectivity index (χ1) is 8.18. The maximum absolute atomic E-state index is 11.5. The molecule has 0 aliphatic heterocycles. The quantitative estimate of drug-likeness (QED) is 0.784. The zero-order valence-electron chi connectivity index (χ0n) is 9.05. The van der Waals surface area contributed by atoms with Gasteiger partial charge in [-0.2, -0.15) is 0 Å². The number of hydrogen-bond donors (Lipinski definition) is 0. The smallest absolute Gasteiger partial charge is 0.251 e. The Morgan fingerprint density at radius 2 is 2.18 bits per heavy atom. The van der Waals surface area contributed by atoms with Crippen LogP contribution < -0.4 is 0 Å². The number of carbonyl (C=O) groups excluding carboxylic acids is 1. The van der Waals surface area contributed by atoms with Crippen molar-refractivity contribution in [1.29, 1.82) is 0 Å². The molecule has 17 heavy (non-hydrogen) atoms. The van der Waals surface area contributed by atoms with Crippen LogP contribution in [0, 0.1) is 0 Å². The molecule has 0 unspecified atom stereocenters. The molecule has 0 bridgehead atoms. The van der Waals surface area contributed by atoms with Crippen molar-refractivity contribution < 1.29 is 9.21 Å². The van der Waals surface area contributed by atoms with Crippen LogP contribution in [-0.4, -0.2) is 16.0 Å². The first-order valence-electron chi connectivity index (χ1n) is 4.92. The Hall–Kier alpha value is -1.94. The summed E-state index contributed by atoms with van der Waals surface area (Å²) in [6, 6.07) is 7.21. The number of allylic oxidation sites excluding steroid dienone is 1. The van der Waals surface area contributed by atoms with Gasteiger partial charge in [-0.1, -0.05) is 29.8 Å². The number of halogens is 1. The van der Waals surface area contributed by atoms with Crippen molar-refractivity contribution in [3.63, 3.8) is 0 Å². The van der Waals surface area contributed by atoms with Crippen molar-refractivity contribution in [1.82, 2.24) is 10.2 Å². The van der Waals surface area contributed by atoms with Gasteiger partial charge < -0.3 is 4.42 Å². The Balaban J connectivity index is 2.48. The first kappa shape index (κ1) is 11.5.